The third kappa shape index (κ3) is 18.8. The number of fused-ring (bicyclic) bond motifs is 2. The Hall–Kier alpha value is -6.64. The number of carbonyl (C=O) groups is 12. The second-order valence-corrected chi connectivity index (χ2v) is 30.9. The summed E-state index contributed by atoms with van der Waals surface area (Å²) in [5.41, 5.74) is -1.57. The molecule has 7 fully saturated rings. The van der Waals surface area contributed by atoms with Crippen LogP contribution in [-0.4, -0.2) is 263 Å². The summed E-state index contributed by atoms with van der Waals surface area (Å²) in [4.78, 5) is 192. The van der Waals surface area contributed by atoms with Gasteiger partial charge in [-0.05, 0) is 133 Å². The lowest BCUT2D eigenvalue weighted by atomic mass is 9.78. The zero-order valence-electron chi connectivity index (χ0n) is 61.7. The van der Waals surface area contributed by atoms with Gasteiger partial charge in [-0.3, -0.25) is 57.5 Å². The van der Waals surface area contributed by atoms with Crippen molar-refractivity contribution in [3.63, 3.8) is 0 Å². The summed E-state index contributed by atoms with van der Waals surface area (Å²) in [5.74, 6) is -11.4. The molecule has 0 aromatic carbocycles. The standard InChI is InChI=1S/C72H116F4N12O12/c1-14-44(5)59-68(98)82(10)45(6)63(93)88-37-33-53(88)67(97)83(11)55(40-46-24-17-16-18-25-46)66(96)81(9)42-57(89)77-51(32-30-47-29-31-49(50(73)39-47)72(74,75)76)64(94)87-36-23-28-52(87)62(92)79-71(34-21-22-35-71)70(100)85(13)60(48-26-19-20-27-48)69(99)84(12)56(65(95)80(7)8)41-58(90)86(15-2)54(38-43(3)4)61(91)78-59/h43-56,59-60H,14-42H2,1-13H3,(H,77,89)(H,78,91)(H,79,92)/t44-,45-,47?,49?,50?,51-,52-,53-,54-,55-,56-,59-,60-/m0/s1. The molecule has 0 bridgehead atoms. The smallest absolute Gasteiger partial charge is 0.347 e. The van der Waals surface area contributed by atoms with Crippen molar-refractivity contribution in [2.24, 2.45) is 35.5 Å². The molecule has 3 heterocycles. The van der Waals surface area contributed by atoms with Crippen molar-refractivity contribution in [2.75, 3.05) is 75.5 Å². The van der Waals surface area contributed by atoms with Crippen molar-refractivity contribution >= 4 is 70.9 Å². The Kier molecular flexibility index (Phi) is 28.3. The average Bonchev–Trinajstić information content (AvgIpc) is 1.36. The summed E-state index contributed by atoms with van der Waals surface area (Å²) < 4.78 is 56.9. The molecule has 1 spiro atoms. The molecular weight excluding hydrogens is 1300 g/mol. The molecule has 4 aliphatic carbocycles. The van der Waals surface area contributed by atoms with Crippen molar-refractivity contribution in [3.05, 3.63) is 0 Å². The molecule has 28 heteroatoms. The Bertz CT molecular complexity index is 2940. The van der Waals surface area contributed by atoms with Gasteiger partial charge in [0.15, 0.2) is 0 Å². The number of halogens is 4. The van der Waals surface area contributed by atoms with Gasteiger partial charge in [0.2, 0.25) is 70.9 Å². The van der Waals surface area contributed by atoms with Gasteiger partial charge in [0.25, 0.3) is 0 Å². The third-order valence-electron chi connectivity index (χ3n) is 23.4. The fraction of sp³-hybridized carbons (Fsp3) is 0.833. The van der Waals surface area contributed by atoms with Crippen molar-refractivity contribution < 1.29 is 75.1 Å². The second kappa shape index (κ2) is 35.0. The van der Waals surface area contributed by atoms with Crippen LogP contribution in [0, 0.1) is 35.5 Å². The molecule has 7 aliphatic rings. The zero-order chi connectivity index (χ0) is 74.0. The molecule has 100 heavy (non-hydrogen) atoms. The van der Waals surface area contributed by atoms with E-state index in [9.17, 15) is 41.9 Å². The number of nitrogens with one attached hydrogen (secondary N) is 3. The fourth-order valence-corrected chi connectivity index (χ4v) is 16.8. The predicted molar refractivity (Wildman–Crippen MR) is 365 cm³/mol. The van der Waals surface area contributed by atoms with Gasteiger partial charge in [0.05, 0.1) is 18.9 Å². The van der Waals surface area contributed by atoms with Gasteiger partial charge >= 0.3 is 6.18 Å². The Morgan fingerprint density at radius 3 is 1.83 bits per heavy atom. The van der Waals surface area contributed by atoms with Crippen LogP contribution in [0.15, 0.2) is 0 Å². The van der Waals surface area contributed by atoms with Crippen LogP contribution in [0.3, 0.4) is 0 Å². The van der Waals surface area contributed by atoms with E-state index in [0.717, 1.165) is 49.8 Å². The van der Waals surface area contributed by atoms with Crippen LogP contribution in [0.5, 0.6) is 0 Å². The Balaban J connectivity index is 1.28. The molecule has 24 nitrogen and oxygen atoms in total. The summed E-state index contributed by atoms with van der Waals surface area (Å²) in [7, 11) is 10.2. The van der Waals surface area contributed by atoms with Gasteiger partial charge < -0.3 is 60.0 Å². The number of nitrogens with zero attached hydrogens (tertiary/aromatic N) is 9. The number of alkyl halides is 4. The van der Waals surface area contributed by atoms with Crippen molar-refractivity contribution in [1.82, 2.24) is 60.0 Å². The van der Waals surface area contributed by atoms with E-state index in [0.29, 0.717) is 38.5 Å². The Morgan fingerprint density at radius 2 is 1.26 bits per heavy atom. The van der Waals surface area contributed by atoms with Gasteiger partial charge in [-0.1, -0.05) is 91.9 Å². The Labute approximate surface area is 589 Å². The highest BCUT2D eigenvalue weighted by Gasteiger charge is 2.53. The molecule has 0 aromatic rings. The maximum atomic E-state index is 15.6. The largest absolute Gasteiger partial charge is 0.394 e. The van der Waals surface area contributed by atoms with Gasteiger partial charge in [0, 0.05) is 69.0 Å². The summed E-state index contributed by atoms with van der Waals surface area (Å²) in [6.07, 6.45) is 1.16. The average molecular weight is 1420 g/mol. The minimum atomic E-state index is -4.75. The fourth-order valence-electron chi connectivity index (χ4n) is 16.8. The SMILES string of the molecule is CC[C@H](C)[C@@H]1NC(=O)[C@H](CC(C)C)N(CC)C(=O)C[C@@H](C(=O)N(C)C)N(C)C(=O)[C@H](C2CCCC2)N(C)C(=O)C2(CCCC2)NC(=O)[C@@H]2CCCN2C(=O)[C@H](CCC2CCC(C(F)(F)F)C(F)C2)NC(=O)CN(C)C(=O)[C@H](CC2CCCCC2)N(C)C(=O)[C@@H]2CCN2C(=O)[C@H](C)N(C)C1=O. The molecular formula is C72H116F4N12O12. The summed E-state index contributed by atoms with van der Waals surface area (Å²) >= 11 is 0. The van der Waals surface area contributed by atoms with Gasteiger partial charge in [-0.25, -0.2) is 4.39 Å². The van der Waals surface area contributed by atoms with E-state index in [1.807, 2.05) is 20.8 Å². The van der Waals surface area contributed by atoms with E-state index in [-0.39, 0.29) is 89.3 Å². The van der Waals surface area contributed by atoms with E-state index < -0.39 is 193 Å². The highest BCUT2D eigenvalue weighted by molar-refractivity contribution is 6.01. The highest BCUT2D eigenvalue weighted by Crippen LogP contribution is 2.43. The number of carbonyl (C=O) groups excluding carboxylic acids is 12. The maximum Gasteiger partial charge on any atom is 0.394 e. The van der Waals surface area contributed by atoms with Gasteiger partial charge in [-0.2, -0.15) is 13.2 Å². The summed E-state index contributed by atoms with van der Waals surface area (Å²) in [5, 5.41) is 8.79. The molecule has 3 saturated heterocycles. The van der Waals surface area contributed by atoms with E-state index in [2.05, 4.69) is 16.0 Å². The quantitative estimate of drug-likeness (QED) is 0.195. The first kappa shape index (κ1) is 80.7. The Morgan fingerprint density at radius 1 is 0.630 bits per heavy atom. The molecule has 12 amide bonds. The first-order valence-electron chi connectivity index (χ1n) is 37.2. The first-order chi connectivity index (χ1) is 47.1. The number of rotatable bonds is 12. The molecule has 3 unspecified atom stereocenters. The number of hydrogen-bond donors (Lipinski definition) is 3. The lowest BCUT2D eigenvalue weighted by Crippen LogP contribution is -2.65. The molecule has 0 aromatic heterocycles. The monoisotopic (exact) mass is 1420 g/mol. The lowest BCUT2D eigenvalue weighted by molar-refractivity contribution is -0.201. The van der Waals surface area contributed by atoms with Crippen LogP contribution in [0.25, 0.3) is 0 Å². The highest BCUT2D eigenvalue weighted by atomic mass is 19.4. The number of hydrogen-bond acceptors (Lipinski definition) is 12. The van der Waals surface area contributed by atoms with Crippen molar-refractivity contribution in [1.29, 1.82) is 0 Å². The van der Waals surface area contributed by atoms with E-state index in [4.69, 9.17) is 0 Å². The van der Waals surface area contributed by atoms with Crippen LogP contribution >= 0.6 is 0 Å². The summed E-state index contributed by atoms with van der Waals surface area (Å²) in [6, 6.07) is -10.9. The van der Waals surface area contributed by atoms with Crippen LogP contribution < -0.4 is 16.0 Å². The lowest BCUT2D eigenvalue weighted by Gasteiger charge is -2.45. The third-order valence-corrected chi connectivity index (χ3v) is 23.4. The minimum absolute atomic E-state index is 0.00142. The molecule has 0 radical (unpaired) electrons. The first-order valence-corrected chi connectivity index (χ1v) is 37.2. The normalized spacial score (nSPS) is 31.0. The second-order valence-electron chi connectivity index (χ2n) is 30.9. The molecule has 564 valence electrons. The molecule has 13 atom stereocenters. The van der Waals surface area contributed by atoms with Crippen molar-refractivity contribution in [2.45, 2.75) is 274 Å². The van der Waals surface area contributed by atoms with Crippen LogP contribution in [0.4, 0.5) is 17.6 Å². The van der Waals surface area contributed by atoms with Crippen molar-refractivity contribution in [3.8, 4) is 0 Å². The minimum Gasteiger partial charge on any atom is -0.347 e. The predicted octanol–water partition coefficient (Wildman–Crippen LogP) is 5.82. The molecule has 4 saturated carbocycles. The van der Waals surface area contributed by atoms with Gasteiger partial charge in [0.1, 0.15) is 66.1 Å². The van der Waals surface area contributed by atoms with E-state index in [1.54, 1.807) is 13.8 Å². The molecule has 7 rings (SSSR count). The number of amides is 12. The van der Waals surface area contributed by atoms with Crippen LogP contribution in [0.2, 0.25) is 0 Å². The molecule has 3 aliphatic heterocycles. The van der Waals surface area contributed by atoms with Crippen LogP contribution in [-0.2, 0) is 57.5 Å². The van der Waals surface area contributed by atoms with E-state index in [1.165, 1.54) is 95.5 Å². The summed E-state index contributed by atoms with van der Waals surface area (Å²) in [6.45, 7) is 10.1. The van der Waals surface area contributed by atoms with Crippen LogP contribution in [0.1, 0.15) is 202 Å². The topological polar surface area (TPSA) is 270 Å². The molecule has 3 N–H and O–H groups in total. The van der Waals surface area contributed by atoms with Gasteiger partial charge in [-0.15, -0.1) is 0 Å². The maximum absolute atomic E-state index is 15.6. The zero-order valence-corrected chi connectivity index (χ0v) is 61.7. The number of likely N-dealkylation sites (N-methyl/N-ethyl adjacent to an activating group) is 7. The van der Waals surface area contributed by atoms with E-state index >= 15 is 33.2 Å².